The van der Waals surface area contributed by atoms with Crippen LogP contribution in [0.3, 0.4) is 0 Å². The van der Waals surface area contributed by atoms with E-state index in [1.807, 2.05) is 37.5 Å². The van der Waals surface area contributed by atoms with E-state index >= 15 is 0 Å². The topological polar surface area (TPSA) is 104 Å². The van der Waals surface area contributed by atoms with Gasteiger partial charge in [-0.25, -0.2) is 4.79 Å². The lowest BCUT2D eigenvalue weighted by atomic mass is 10.1. The number of aryl methyl sites for hydroxylation is 2. The minimum absolute atomic E-state index is 0.0577. The predicted octanol–water partition coefficient (Wildman–Crippen LogP) is 2.76. The van der Waals surface area contributed by atoms with Gasteiger partial charge < -0.3 is 15.2 Å². The van der Waals surface area contributed by atoms with E-state index in [9.17, 15) is 9.59 Å². The maximum atomic E-state index is 13.9. The fraction of sp³-hybridized carbons (Fsp3) is 0.440. The number of piperidine rings is 1. The van der Waals surface area contributed by atoms with Gasteiger partial charge in [-0.05, 0) is 57.3 Å². The van der Waals surface area contributed by atoms with Crippen LogP contribution in [0.2, 0.25) is 0 Å². The van der Waals surface area contributed by atoms with Crippen LogP contribution in [0.1, 0.15) is 37.9 Å². The molecule has 0 aliphatic carbocycles. The molecule has 0 bridgehead atoms. The van der Waals surface area contributed by atoms with Gasteiger partial charge in [0.05, 0.1) is 16.9 Å². The van der Waals surface area contributed by atoms with Gasteiger partial charge >= 0.3 is 5.69 Å². The molecule has 0 spiro atoms. The Balaban J connectivity index is 1.71. The summed E-state index contributed by atoms with van der Waals surface area (Å²) in [7, 11) is 1.67. The van der Waals surface area contributed by atoms with Crippen molar-refractivity contribution >= 4 is 38.7 Å². The molecule has 1 aliphatic heterocycles. The highest BCUT2D eigenvalue weighted by atomic mass is 32.1. The van der Waals surface area contributed by atoms with Gasteiger partial charge in [-0.1, -0.05) is 23.3 Å². The summed E-state index contributed by atoms with van der Waals surface area (Å²) in [5.41, 5.74) is 9.30. The van der Waals surface area contributed by atoms with E-state index in [0.29, 0.717) is 30.2 Å². The van der Waals surface area contributed by atoms with Crippen LogP contribution in [0.4, 0.5) is 5.95 Å². The van der Waals surface area contributed by atoms with Crippen molar-refractivity contribution in [3.8, 4) is 0 Å². The average Bonchev–Trinajstić information content (AvgIpc) is 3.40. The molecule has 10 heteroatoms. The molecule has 1 aromatic carbocycles. The zero-order valence-corrected chi connectivity index (χ0v) is 21.4. The molecule has 4 heterocycles. The first-order chi connectivity index (χ1) is 16.7. The third kappa shape index (κ3) is 4.21. The fourth-order valence-corrected chi connectivity index (χ4v) is 5.51. The Morgan fingerprint density at radius 3 is 2.80 bits per heavy atom. The first kappa shape index (κ1) is 23.5. The summed E-state index contributed by atoms with van der Waals surface area (Å²) >= 11 is 1.38. The average molecular weight is 494 g/mol. The van der Waals surface area contributed by atoms with Crippen LogP contribution in [0, 0.1) is 6.92 Å². The Kier molecular flexibility index (Phi) is 6.10. The van der Waals surface area contributed by atoms with Crippen molar-refractivity contribution in [1.29, 1.82) is 0 Å². The molecule has 184 valence electrons. The van der Waals surface area contributed by atoms with Crippen LogP contribution >= 0.6 is 11.5 Å². The molecule has 0 saturated carbocycles. The number of imidazole rings is 1. The van der Waals surface area contributed by atoms with E-state index in [-0.39, 0.29) is 18.1 Å². The number of hydrogen-bond acceptors (Lipinski definition) is 7. The van der Waals surface area contributed by atoms with Crippen LogP contribution in [0.5, 0.6) is 0 Å². The van der Waals surface area contributed by atoms with Crippen molar-refractivity contribution in [2.24, 2.45) is 12.8 Å². The highest BCUT2D eigenvalue weighted by molar-refractivity contribution is 7.13. The number of anilines is 1. The van der Waals surface area contributed by atoms with E-state index in [0.717, 1.165) is 46.3 Å². The molecular weight excluding hydrogens is 462 g/mol. The molecule has 0 radical (unpaired) electrons. The normalized spacial score (nSPS) is 16.4. The molecule has 3 aromatic heterocycles. The van der Waals surface area contributed by atoms with Crippen LogP contribution < -0.4 is 21.9 Å². The fourth-order valence-electron chi connectivity index (χ4n) is 4.75. The van der Waals surface area contributed by atoms with E-state index in [1.54, 1.807) is 7.05 Å². The van der Waals surface area contributed by atoms with E-state index in [4.69, 9.17) is 10.7 Å². The van der Waals surface area contributed by atoms with Gasteiger partial charge in [-0.2, -0.15) is 9.36 Å². The summed E-state index contributed by atoms with van der Waals surface area (Å²) in [6, 6.07) is 6.18. The van der Waals surface area contributed by atoms with Gasteiger partial charge in [0.2, 0.25) is 5.95 Å². The zero-order valence-electron chi connectivity index (χ0n) is 20.6. The number of benzene rings is 1. The lowest BCUT2D eigenvalue weighted by Crippen LogP contribution is -2.44. The second-order valence-corrected chi connectivity index (χ2v) is 10.5. The van der Waals surface area contributed by atoms with Gasteiger partial charge in [0, 0.05) is 38.1 Å². The Labute approximate surface area is 207 Å². The predicted molar refractivity (Wildman–Crippen MR) is 142 cm³/mol. The third-order valence-electron chi connectivity index (χ3n) is 6.64. The first-order valence-corrected chi connectivity index (χ1v) is 12.7. The van der Waals surface area contributed by atoms with Crippen molar-refractivity contribution in [1.82, 2.24) is 23.1 Å². The van der Waals surface area contributed by atoms with Gasteiger partial charge in [0.1, 0.15) is 0 Å². The molecule has 4 aromatic rings. The second-order valence-electron chi connectivity index (χ2n) is 9.69. The summed E-state index contributed by atoms with van der Waals surface area (Å²) in [5.74, 6) is 0.687. The highest BCUT2D eigenvalue weighted by Gasteiger charge is 2.26. The van der Waals surface area contributed by atoms with Crippen LogP contribution in [-0.4, -0.2) is 42.2 Å². The lowest BCUT2D eigenvalue weighted by molar-refractivity contribution is 0.495. The smallest absolute Gasteiger partial charge is 0.332 e. The van der Waals surface area contributed by atoms with Crippen molar-refractivity contribution in [2.45, 2.75) is 52.7 Å². The zero-order chi connectivity index (χ0) is 24.9. The summed E-state index contributed by atoms with van der Waals surface area (Å²) in [6.45, 7) is 8.17. The highest BCUT2D eigenvalue weighted by Crippen LogP contribution is 2.25. The molecule has 0 amide bonds. The molecule has 35 heavy (non-hydrogen) atoms. The number of hydrogen-bond donors (Lipinski definition) is 1. The van der Waals surface area contributed by atoms with E-state index < -0.39 is 5.69 Å². The van der Waals surface area contributed by atoms with Crippen LogP contribution in [0.15, 0.2) is 39.4 Å². The molecule has 1 atom stereocenters. The molecule has 2 N–H and O–H groups in total. The maximum absolute atomic E-state index is 13.9. The minimum Gasteiger partial charge on any atom is -0.341 e. The minimum atomic E-state index is -0.398. The van der Waals surface area contributed by atoms with Crippen molar-refractivity contribution in [2.75, 3.05) is 18.0 Å². The quantitative estimate of drug-likeness (QED) is 0.429. The SMILES string of the molecule is CC(C)=CCn1c(N2CCCC(N)C2)nc2c1c(=O)n(Cc1nsc3ccc(C)cc13)c(=O)n2C. The summed E-state index contributed by atoms with van der Waals surface area (Å²) in [5, 5.41) is 0.977. The molecule has 1 unspecified atom stereocenters. The van der Waals surface area contributed by atoms with Gasteiger partial charge in [0.25, 0.3) is 5.56 Å². The van der Waals surface area contributed by atoms with Gasteiger partial charge in [-0.15, -0.1) is 0 Å². The Morgan fingerprint density at radius 2 is 2.06 bits per heavy atom. The van der Waals surface area contributed by atoms with E-state index in [2.05, 4.69) is 21.4 Å². The van der Waals surface area contributed by atoms with Crippen molar-refractivity contribution in [3.05, 3.63) is 61.9 Å². The first-order valence-electron chi connectivity index (χ1n) is 11.9. The summed E-state index contributed by atoms with van der Waals surface area (Å²) in [4.78, 5) is 34.2. The van der Waals surface area contributed by atoms with Crippen molar-refractivity contribution < 1.29 is 0 Å². The second kappa shape index (κ2) is 9.09. The number of nitrogens with zero attached hydrogens (tertiary/aromatic N) is 6. The molecule has 9 nitrogen and oxygen atoms in total. The summed E-state index contributed by atoms with van der Waals surface area (Å²) < 4.78 is 10.3. The lowest BCUT2D eigenvalue weighted by Gasteiger charge is -2.31. The number of allylic oxidation sites excluding steroid dienone is 2. The van der Waals surface area contributed by atoms with Crippen LogP contribution in [0.25, 0.3) is 21.3 Å². The molecule has 1 fully saturated rings. The largest absolute Gasteiger partial charge is 0.341 e. The number of aromatic nitrogens is 5. The maximum Gasteiger partial charge on any atom is 0.332 e. The van der Waals surface area contributed by atoms with Gasteiger partial charge in [-0.3, -0.25) is 13.9 Å². The monoisotopic (exact) mass is 493 g/mol. The number of fused-ring (bicyclic) bond motifs is 2. The molecular formula is C25H31N7O2S. The van der Waals surface area contributed by atoms with Gasteiger partial charge in [0.15, 0.2) is 11.2 Å². The Bertz CT molecular complexity index is 1570. The molecule has 5 rings (SSSR count). The third-order valence-corrected chi connectivity index (χ3v) is 7.51. The summed E-state index contributed by atoms with van der Waals surface area (Å²) in [6.07, 6.45) is 4.00. The molecule has 1 aliphatic rings. The van der Waals surface area contributed by atoms with Crippen LogP contribution in [-0.2, 0) is 20.1 Å². The Hall–Kier alpha value is -3.24. The van der Waals surface area contributed by atoms with E-state index in [1.165, 1.54) is 20.7 Å². The Morgan fingerprint density at radius 1 is 1.26 bits per heavy atom. The standard InChI is InChI=1S/C25H31N7O2S/c1-15(2)9-11-31-21-22(27-24(31)30-10-5-6-17(26)13-30)29(4)25(34)32(23(21)33)14-19-18-12-16(3)7-8-20(18)35-28-19/h7-9,12,17H,5-6,10-11,13-14,26H2,1-4H3. The van der Waals surface area contributed by atoms with Crippen molar-refractivity contribution in [3.63, 3.8) is 0 Å². The molecule has 1 saturated heterocycles. The number of rotatable bonds is 5. The number of nitrogens with two attached hydrogens (primary N) is 1.